The highest BCUT2D eigenvalue weighted by molar-refractivity contribution is 5.99. The van der Waals surface area contributed by atoms with Crippen molar-refractivity contribution in [2.24, 2.45) is 0 Å². The van der Waals surface area contributed by atoms with Crippen molar-refractivity contribution < 1.29 is 19.2 Å². The first-order valence-electron chi connectivity index (χ1n) is 6.08. The number of rotatable bonds is 5. The number of ketones is 1. The highest BCUT2D eigenvalue weighted by Crippen LogP contribution is 2.14. The summed E-state index contributed by atoms with van der Waals surface area (Å²) >= 11 is 0. The maximum absolute atomic E-state index is 11.8. The summed E-state index contributed by atoms with van der Waals surface area (Å²) in [6.07, 6.45) is 0. The molecule has 106 valence electrons. The number of nitrogens with zero attached hydrogens (tertiary/aromatic N) is 1. The van der Waals surface area contributed by atoms with Gasteiger partial charge in [0.2, 0.25) is 0 Å². The zero-order chi connectivity index (χ0) is 15.2. The van der Waals surface area contributed by atoms with E-state index in [0.29, 0.717) is 5.56 Å². The first-order chi connectivity index (χ1) is 10.1. The molecule has 0 saturated heterocycles. The molecule has 0 aliphatic rings. The predicted octanol–water partition coefficient (Wildman–Crippen LogP) is 2.63. The van der Waals surface area contributed by atoms with Crippen LogP contribution in [0.25, 0.3) is 0 Å². The Morgan fingerprint density at radius 1 is 1.00 bits per heavy atom. The van der Waals surface area contributed by atoms with E-state index in [1.807, 2.05) is 0 Å². The summed E-state index contributed by atoms with van der Waals surface area (Å²) in [5.74, 6) is -1.11. The van der Waals surface area contributed by atoms with Gasteiger partial charge >= 0.3 is 5.97 Å². The van der Waals surface area contributed by atoms with Gasteiger partial charge in [-0.15, -0.1) is 0 Å². The zero-order valence-corrected chi connectivity index (χ0v) is 10.9. The van der Waals surface area contributed by atoms with Gasteiger partial charge in [-0.05, 0) is 6.07 Å². The van der Waals surface area contributed by atoms with Crippen molar-refractivity contribution in [3.05, 3.63) is 75.8 Å². The molecule has 2 rings (SSSR count). The van der Waals surface area contributed by atoms with Crippen molar-refractivity contribution in [3.63, 3.8) is 0 Å². The fraction of sp³-hybridized carbons (Fsp3) is 0.0667. The summed E-state index contributed by atoms with van der Waals surface area (Å²) in [7, 11) is 0. The topological polar surface area (TPSA) is 86.5 Å². The first kappa shape index (κ1) is 14.4. The van der Waals surface area contributed by atoms with Crippen LogP contribution in [0.15, 0.2) is 54.6 Å². The van der Waals surface area contributed by atoms with Crippen molar-refractivity contribution in [3.8, 4) is 0 Å². The van der Waals surface area contributed by atoms with Crippen LogP contribution in [0.5, 0.6) is 0 Å². The standard InChI is InChI=1S/C15H11NO5/c17-14(11-5-2-1-3-6-11)10-21-15(18)12-7-4-8-13(9-12)16(19)20/h1-9H,10H2. The molecular formula is C15H11NO5. The fourth-order valence-corrected chi connectivity index (χ4v) is 1.67. The molecule has 6 heteroatoms. The molecule has 0 radical (unpaired) electrons. The van der Waals surface area contributed by atoms with Gasteiger partial charge in [-0.2, -0.15) is 0 Å². The molecule has 0 unspecified atom stereocenters. The van der Waals surface area contributed by atoms with Crippen LogP contribution < -0.4 is 0 Å². The van der Waals surface area contributed by atoms with Crippen LogP contribution in [-0.2, 0) is 4.74 Å². The summed E-state index contributed by atoms with van der Waals surface area (Å²) in [5.41, 5.74) is 0.258. The van der Waals surface area contributed by atoms with Crippen LogP contribution in [0.1, 0.15) is 20.7 Å². The van der Waals surface area contributed by atoms with Crippen LogP contribution in [0.4, 0.5) is 5.69 Å². The minimum absolute atomic E-state index is 0.0325. The molecular weight excluding hydrogens is 274 g/mol. The van der Waals surface area contributed by atoms with Crippen molar-refractivity contribution in [1.29, 1.82) is 0 Å². The molecule has 0 amide bonds. The molecule has 0 fully saturated rings. The monoisotopic (exact) mass is 285 g/mol. The van der Waals surface area contributed by atoms with Crippen LogP contribution >= 0.6 is 0 Å². The van der Waals surface area contributed by atoms with Crippen LogP contribution in [0.2, 0.25) is 0 Å². The lowest BCUT2D eigenvalue weighted by atomic mass is 10.1. The Balaban J connectivity index is 2.01. The molecule has 0 bridgehead atoms. The number of carbonyl (C=O) groups excluding carboxylic acids is 2. The number of esters is 1. The number of hydrogen-bond acceptors (Lipinski definition) is 5. The largest absolute Gasteiger partial charge is 0.454 e. The second-order valence-corrected chi connectivity index (χ2v) is 4.17. The van der Waals surface area contributed by atoms with E-state index in [0.717, 1.165) is 6.07 Å². The Morgan fingerprint density at radius 2 is 1.67 bits per heavy atom. The lowest BCUT2D eigenvalue weighted by Crippen LogP contribution is -2.14. The quantitative estimate of drug-likeness (QED) is 0.365. The second kappa shape index (κ2) is 6.42. The number of non-ortho nitro benzene ring substituents is 1. The third-order valence-electron chi connectivity index (χ3n) is 2.72. The summed E-state index contributed by atoms with van der Waals surface area (Å²) in [6, 6.07) is 13.6. The van der Waals surface area contributed by atoms with Crippen LogP contribution in [0, 0.1) is 10.1 Å². The lowest BCUT2D eigenvalue weighted by Gasteiger charge is -2.04. The number of hydrogen-bond donors (Lipinski definition) is 0. The van der Waals surface area contributed by atoms with E-state index in [2.05, 4.69) is 0 Å². The summed E-state index contributed by atoms with van der Waals surface area (Å²) in [4.78, 5) is 33.5. The molecule has 6 nitrogen and oxygen atoms in total. The first-order valence-corrected chi connectivity index (χ1v) is 6.08. The number of ether oxygens (including phenoxy) is 1. The number of carbonyl (C=O) groups is 2. The van der Waals surface area contributed by atoms with E-state index in [-0.39, 0.29) is 17.0 Å². The third-order valence-corrected chi connectivity index (χ3v) is 2.72. The van der Waals surface area contributed by atoms with E-state index in [1.54, 1.807) is 30.3 Å². The Kier molecular flexibility index (Phi) is 4.40. The van der Waals surface area contributed by atoms with E-state index < -0.39 is 17.5 Å². The van der Waals surface area contributed by atoms with Gasteiger partial charge in [-0.25, -0.2) is 4.79 Å². The van der Waals surface area contributed by atoms with E-state index in [4.69, 9.17) is 4.74 Å². The van der Waals surface area contributed by atoms with Gasteiger partial charge in [-0.3, -0.25) is 14.9 Å². The SMILES string of the molecule is O=C(COC(=O)c1cccc([N+](=O)[O-])c1)c1ccccc1. The normalized spacial score (nSPS) is 9.90. The van der Waals surface area contributed by atoms with Crippen molar-refractivity contribution in [1.82, 2.24) is 0 Å². The highest BCUT2D eigenvalue weighted by atomic mass is 16.6. The molecule has 0 N–H and O–H groups in total. The van der Waals surface area contributed by atoms with Crippen LogP contribution in [-0.4, -0.2) is 23.3 Å². The Morgan fingerprint density at radius 3 is 2.33 bits per heavy atom. The Hall–Kier alpha value is -3.02. The summed E-state index contributed by atoms with van der Waals surface area (Å²) < 4.78 is 4.87. The summed E-state index contributed by atoms with van der Waals surface area (Å²) in [6.45, 7) is -0.411. The van der Waals surface area contributed by atoms with Gasteiger partial charge in [-0.1, -0.05) is 36.4 Å². The van der Waals surface area contributed by atoms with Gasteiger partial charge in [0, 0.05) is 17.7 Å². The Bertz CT molecular complexity index is 681. The maximum atomic E-state index is 11.8. The van der Waals surface area contributed by atoms with Gasteiger partial charge < -0.3 is 4.74 Å². The molecule has 2 aromatic rings. The van der Waals surface area contributed by atoms with E-state index in [1.165, 1.54) is 18.2 Å². The maximum Gasteiger partial charge on any atom is 0.338 e. The molecule has 21 heavy (non-hydrogen) atoms. The minimum atomic E-state index is -0.775. The van der Waals surface area contributed by atoms with Gasteiger partial charge in [0.1, 0.15) is 0 Å². The van der Waals surface area contributed by atoms with Crippen molar-refractivity contribution >= 4 is 17.4 Å². The number of Topliss-reactive ketones (excluding diaryl/α,β-unsaturated/α-hetero) is 1. The van der Waals surface area contributed by atoms with Gasteiger partial charge in [0.05, 0.1) is 10.5 Å². The molecule has 0 aliphatic heterocycles. The number of nitro groups is 1. The minimum Gasteiger partial charge on any atom is -0.454 e. The average Bonchev–Trinajstić information content (AvgIpc) is 2.53. The predicted molar refractivity (Wildman–Crippen MR) is 74.2 cm³/mol. The third kappa shape index (κ3) is 3.73. The summed E-state index contributed by atoms with van der Waals surface area (Å²) in [5, 5.41) is 10.6. The van der Waals surface area contributed by atoms with Gasteiger partial charge in [0.15, 0.2) is 12.4 Å². The second-order valence-electron chi connectivity index (χ2n) is 4.17. The molecule has 0 aromatic heterocycles. The van der Waals surface area contributed by atoms with Crippen molar-refractivity contribution in [2.75, 3.05) is 6.61 Å². The van der Waals surface area contributed by atoms with Crippen LogP contribution in [0.3, 0.4) is 0 Å². The molecule has 2 aromatic carbocycles. The van der Waals surface area contributed by atoms with Gasteiger partial charge in [0.25, 0.3) is 5.69 Å². The molecule has 0 saturated carbocycles. The number of nitro benzene ring substituents is 1. The molecule has 0 aliphatic carbocycles. The highest BCUT2D eigenvalue weighted by Gasteiger charge is 2.14. The molecule has 0 atom stereocenters. The fourth-order valence-electron chi connectivity index (χ4n) is 1.67. The smallest absolute Gasteiger partial charge is 0.338 e. The average molecular weight is 285 g/mol. The van der Waals surface area contributed by atoms with Crippen molar-refractivity contribution in [2.45, 2.75) is 0 Å². The Labute approximate surface area is 120 Å². The molecule has 0 spiro atoms. The number of benzene rings is 2. The van der Waals surface area contributed by atoms with E-state index in [9.17, 15) is 19.7 Å². The lowest BCUT2D eigenvalue weighted by molar-refractivity contribution is -0.384. The molecule has 0 heterocycles. The zero-order valence-electron chi connectivity index (χ0n) is 10.9. The van der Waals surface area contributed by atoms with E-state index >= 15 is 0 Å².